The normalized spacial score (nSPS) is 10.1. The number of hydrogen-bond donors (Lipinski definition) is 1. The van der Waals surface area contributed by atoms with Gasteiger partial charge in [-0.15, -0.1) is 0 Å². The number of esters is 1. The number of amides is 1. The van der Waals surface area contributed by atoms with Crippen LogP contribution in [0.25, 0.3) is 0 Å². The van der Waals surface area contributed by atoms with Crippen molar-refractivity contribution >= 4 is 11.9 Å². The third-order valence-electron chi connectivity index (χ3n) is 4.08. The van der Waals surface area contributed by atoms with E-state index in [9.17, 15) is 9.59 Å². The van der Waals surface area contributed by atoms with Gasteiger partial charge in [0.05, 0.1) is 12.7 Å². The van der Waals surface area contributed by atoms with Gasteiger partial charge in [-0.3, -0.25) is 9.59 Å². The molecular weight excluding hydrogens is 370 g/mol. The lowest BCUT2D eigenvalue weighted by Gasteiger charge is -2.12. The molecule has 6 nitrogen and oxygen atoms in total. The molecule has 3 rings (SSSR count). The molecule has 0 spiro atoms. The summed E-state index contributed by atoms with van der Waals surface area (Å²) in [5.74, 6) is 0.764. The number of rotatable bonds is 8. The molecule has 0 unspecified atom stereocenters. The zero-order valence-electron chi connectivity index (χ0n) is 16.0. The Hall–Kier alpha value is -3.80. The van der Waals surface area contributed by atoms with Gasteiger partial charge >= 0.3 is 5.97 Å². The zero-order chi connectivity index (χ0) is 20.5. The molecule has 3 aromatic carbocycles. The molecule has 0 aliphatic carbocycles. The van der Waals surface area contributed by atoms with Gasteiger partial charge in [0.15, 0.2) is 0 Å². The average molecular weight is 391 g/mol. The summed E-state index contributed by atoms with van der Waals surface area (Å²) in [7, 11) is 1.48. The van der Waals surface area contributed by atoms with Gasteiger partial charge < -0.3 is 19.5 Å². The summed E-state index contributed by atoms with van der Waals surface area (Å²) in [4.78, 5) is 24.3. The predicted octanol–water partition coefficient (Wildman–Crippen LogP) is 3.96. The Morgan fingerprint density at radius 3 is 2.24 bits per heavy atom. The van der Waals surface area contributed by atoms with Crippen LogP contribution in [0.1, 0.15) is 15.9 Å². The number of methoxy groups -OCH3 is 1. The molecule has 1 amide bonds. The third-order valence-corrected chi connectivity index (χ3v) is 4.08. The molecule has 3 aromatic rings. The highest BCUT2D eigenvalue weighted by molar-refractivity contribution is 5.98. The van der Waals surface area contributed by atoms with Crippen LogP contribution in [0.4, 0.5) is 0 Å². The molecule has 1 N–H and O–H groups in total. The van der Waals surface area contributed by atoms with Gasteiger partial charge in [0.2, 0.25) is 0 Å². The van der Waals surface area contributed by atoms with E-state index in [4.69, 9.17) is 14.2 Å². The van der Waals surface area contributed by atoms with Crippen molar-refractivity contribution in [3.05, 3.63) is 90.0 Å². The summed E-state index contributed by atoms with van der Waals surface area (Å²) in [6, 6.07) is 23.4. The molecule has 0 radical (unpaired) electrons. The van der Waals surface area contributed by atoms with Crippen molar-refractivity contribution in [2.24, 2.45) is 0 Å². The molecule has 0 atom stereocenters. The SMILES string of the molecule is COc1ccccc1C(=O)NCC(=O)OCc1ccccc1Oc1ccccc1. The molecule has 0 heterocycles. The highest BCUT2D eigenvalue weighted by Gasteiger charge is 2.14. The molecule has 0 bridgehead atoms. The number of carbonyl (C=O) groups excluding carboxylic acids is 2. The van der Waals surface area contributed by atoms with Crippen molar-refractivity contribution in [3.8, 4) is 17.2 Å². The Morgan fingerprint density at radius 1 is 0.828 bits per heavy atom. The standard InChI is InChI=1S/C23H21NO5/c1-27-21-14-8-6-12-19(21)23(26)24-15-22(25)28-16-17-9-5-7-13-20(17)29-18-10-3-2-4-11-18/h2-14H,15-16H2,1H3,(H,24,26). The van der Waals surface area contributed by atoms with Crippen LogP contribution in [0.3, 0.4) is 0 Å². The summed E-state index contributed by atoms with van der Waals surface area (Å²) < 4.78 is 16.3. The van der Waals surface area contributed by atoms with Crippen LogP contribution in [0.2, 0.25) is 0 Å². The van der Waals surface area contributed by atoms with E-state index in [2.05, 4.69) is 5.32 Å². The van der Waals surface area contributed by atoms with Crippen molar-refractivity contribution in [2.45, 2.75) is 6.61 Å². The largest absolute Gasteiger partial charge is 0.496 e. The van der Waals surface area contributed by atoms with E-state index < -0.39 is 11.9 Å². The van der Waals surface area contributed by atoms with Crippen LogP contribution in [0.15, 0.2) is 78.9 Å². The molecule has 0 saturated carbocycles. The second-order valence-electron chi connectivity index (χ2n) is 6.07. The van der Waals surface area contributed by atoms with Gasteiger partial charge in [0.25, 0.3) is 5.91 Å². The van der Waals surface area contributed by atoms with Gasteiger partial charge in [0.1, 0.15) is 30.4 Å². The van der Waals surface area contributed by atoms with E-state index >= 15 is 0 Å². The Kier molecular flexibility index (Phi) is 6.84. The Balaban J connectivity index is 1.54. The average Bonchev–Trinajstić information content (AvgIpc) is 2.77. The molecule has 0 aromatic heterocycles. The number of carbonyl (C=O) groups is 2. The topological polar surface area (TPSA) is 73.9 Å². The Morgan fingerprint density at radius 2 is 1.48 bits per heavy atom. The fourth-order valence-corrected chi connectivity index (χ4v) is 2.63. The summed E-state index contributed by atoms with van der Waals surface area (Å²) >= 11 is 0. The monoisotopic (exact) mass is 391 g/mol. The van der Waals surface area contributed by atoms with Crippen molar-refractivity contribution in [1.29, 1.82) is 0 Å². The molecule has 6 heteroatoms. The van der Waals surface area contributed by atoms with Crippen LogP contribution < -0.4 is 14.8 Å². The third kappa shape index (κ3) is 5.59. The summed E-state index contributed by atoms with van der Waals surface area (Å²) in [6.45, 7) is -0.217. The van der Waals surface area contributed by atoms with Gasteiger partial charge in [-0.05, 0) is 30.3 Å². The second-order valence-corrected chi connectivity index (χ2v) is 6.07. The van der Waals surface area contributed by atoms with Crippen LogP contribution >= 0.6 is 0 Å². The highest BCUT2D eigenvalue weighted by atomic mass is 16.5. The van der Waals surface area contributed by atoms with E-state index in [1.165, 1.54) is 7.11 Å². The summed E-state index contributed by atoms with van der Waals surface area (Å²) in [6.07, 6.45) is 0. The lowest BCUT2D eigenvalue weighted by atomic mass is 10.2. The van der Waals surface area contributed by atoms with E-state index in [1.807, 2.05) is 48.5 Å². The summed E-state index contributed by atoms with van der Waals surface area (Å²) in [5.41, 5.74) is 1.07. The molecule has 29 heavy (non-hydrogen) atoms. The minimum atomic E-state index is -0.553. The van der Waals surface area contributed by atoms with Crippen molar-refractivity contribution in [1.82, 2.24) is 5.32 Å². The molecule has 0 fully saturated rings. The number of hydrogen-bond acceptors (Lipinski definition) is 5. The lowest BCUT2D eigenvalue weighted by Crippen LogP contribution is -2.30. The Bertz CT molecular complexity index is 972. The fourth-order valence-electron chi connectivity index (χ4n) is 2.63. The van der Waals surface area contributed by atoms with Crippen LogP contribution in [-0.2, 0) is 16.1 Å². The number of benzene rings is 3. The fraction of sp³-hybridized carbons (Fsp3) is 0.130. The van der Waals surface area contributed by atoms with Gasteiger partial charge in [-0.25, -0.2) is 0 Å². The lowest BCUT2D eigenvalue weighted by molar-refractivity contribution is -0.143. The maximum atomic E-state index is 12.2. The highest BCUT2D eigenvalue weighted by Crippen LogP contribution is 2.25. The number of nitrogens with one attached hydrogen (secondary N) is 1. The van der Waals surface area contributed by atoms with Crippen molar-refractivity contribution in [3.63, 3.8) is 0 Å². The number of para-hydroxylation sites is 3. The van der Waals surface area contributed by atoms with Gasteiger partial charge in [0, 0.05) is 5.56 Å². The van der Waals surface area contributed by atoms with Gasteiger partial charge in [-0.2, -0.15) is 0 Å². The first-order valence-corrected chi connectivity index (χ1v) is 9.05. The van der Waals surface area contributed by atoms with Gasteiger partial charge in [-0.1, -0.05) is 48.5 Å². The van der Waals surface area contributed by atoms with E-state index in [0.29, 0.717) is 22.8 Å². The summed E-state index contributed by atoms with van der Waals surface area (Å²) in [5, 5.41) is 2.54. The minimum Gasteiger partial charge on any atom is -0.496 e. The van der Waals surface area contributed by atoms with Crippen molar-refractivity contribution < 1.29 is 23.8 Å². The van der Waals surface area contributed by atoms with Crippen LogP contribution in [0, 0.1) is 0 Å². The first-order valence-electron chi connectivity index (χ1n) is 9.05. The first kappa shape index (κ1) is 19.9. The van der Waals surface area contributed by atoms with Crippen LogP contribution in [-0.4, -0.2) is 25.5 Å². The predicted molar refractivity (Wildman–Crippen MR) is 108 cm³/mol. The molecule has 0 aliphatic rings. The second kappa shape index (κ2) is 9.94. The maximum absolute atomic E-state index is 12.2. The first-order chi connectivity index (χ1) is 14.2. The zero-order valence-corrected chi connectivity index (χ0v) is 16.0. The molecule has 0 saturated heterocycles. The smallest absolute Gasteiger partial charge is 0.325 e. The van der Waals surface area contributed by atoms with E-state index in [-0.39, 0.29) is 13.2 Å². The molecular formula is C23H21NO5. The molecule has 148 valence electrons. The van der Waals surface area contributed by atoms with E-state index in [1.54, 1.807) is 30.3 Å². The quantitative estimate of drug-likeness (QED) is 0.589. The van der Waals surface area contributed by atoms with E-state index in [0.717, 1.165) is 5.56 Å². The number of ether oxygens (including phenoxy) is 3. The minimum absolute atomic E-state index is 0.0341. The molecule has 0 aliphatic heterocycles. The van der Waals surface area contributed by atoms with Crippen LogP contribution in [0.5, 0.6) is 17.2 Å². The van der Waals surface area contributed by atoms with Crippen molar-refractivity contribution in [2.75, 3.05) is 13.7 Å². The maximum Gasteiger partial charge on any atom is 0.325 e. The Labute approximate surface area is 169 Å².